The fraction of sp³-hybridized carbons (Fsp3) is 0.231. The molecular formula is C13H11F3N2O2. The quantitative estimate of drug-likeness (QED) is 0.830. The molecule has 0 bridgehead atoms. The second kappa shape index (κ2) is 4.99. The highest BCUT2D eigenvalue weighted by atomic mass is 19.4. The normalized spacial score (nSPS) is 13.2. The third-order valence-electron chi connectivity index (χ3n) is 3.01. The molecule has 0 aliphatic carbocycles. The maximum absolute atomic E-state index is 12.6. The highest BCUT2D eigenvalue weighted by Crippen LogP contribution is 2.32. The Morgan fingerprint density at radius 3 is 2.40 bits per heavy atom. The van der Waals surface area contributed by atoms with Gasteiger partial charge in [0.05, 0.1) is 5.56 Å². The van der Waals surface area contributed by atoms with Crippen LogP contribution in [0.4, 0.5) is 13.2 Å². The van der Waals surface area contributed by atoms with E-state index in [0.717, 1.165) is 18.2 Å². The smallest absolute Gasteiger partial charge is 0.302 e. The van der Waals surface area contributed by atoms with Crippen LogP contribution in [0.3, 0.4) is 0 Å². The Morgan fingerprint density at radius 2 is 1.80 bits per heavy atom. The summed E-state index contributed by atoms with van der Waals surface area (Å²) in [5, 5.41) is 4.66. The van der Waals surface area contributed by atoms with Crippen LogP contribution >= 0.6 is 0 Å². The summed E-state index contributed by atoms with van der Waals surface area (Å²) in [5.74, 6) is -0.484. The zero-order chi connectivity index (χ0) is 14.9. The number of aromatic amines is 2. The number of nitrogens with one attached hydrogen (secondary N) is 2. The second-order valence-corrected chi connectivity index (χ2v) is 4.39. The Hall–Kier alpha value is -2.31. The molecule has 2 rings (SSSR count). The molecule has 0 spiro atoms. The number of benzene rings is 1. The molecule has 1 atom stereocenters. The third kappa shape index (κ3) is 2.81. The Kier molecular flexibility index (Phi) is 3.52. The molecule has 20 heavy (non-hydrogen) atoms. The number of rotatable bonds is 2. The minimum Gasteiger partial charge on any atom is -0.302 e. The molecule has 0 radical (unpaired) electrons. The van der Waals surface area contributed by atoms with E-state index in [4.69, 9.17) is 0 Å². The fourth-order valence-corrected chi connectivity index (χ4v) is 1.83. The Labute approximate surface area is 111 Å². The van der Waals surface area contributed by atoms with Gasteiger partial charge in [0.2, 0.25) is 5.43 Å². The Bertz CT molecular complexity index is 731. The van der Waals surface area contributed by atoms with Gasteiger partial charge in [-0.1, -0.05) is 25.1 Å². The molecular weight excluding hydrogens is 273 g/mol. The number of halogens is 3. The summed E-state index contributed by atoms with van der Waals surface area (Å²) in [6.45, 7) is 1.64. The fourth-order valence-electron chi connectivity index (χ4n) is 1.83. The van der Waals surface area contributed by atoms with Crippen molar-refractivity contribution in [2.24, 2.45) is 0 Å². The second-order valence-electron chi connectivity index (χ2n) is 4.39. The van der Waals surface area contributed by atoms with E-state index in [1.165, 1.54) is 12.1 Å². The lowest BCUT2D eigenvalue weighted by Crippen LogP contribution is -2.28. The topological polar surface area (TPSA) is 65.7 Å². The van der Waals surface area contributed by atoms with Crippen molar-refractivity contribution < 1.29 is 13.2 Å². The van der Waals surface area contributed by atoms with Crippen molar-refractivity contribution in [3.8, 4) is 0 Å². The molecule has 0 saturated carbocycles. The first kappa shape index (κ1) is 14.1. The first-order valence-electron chi connectivity index (χ1n) is 5.78. The van der Waals surface area contributed by atoms with Gasteiger partial charge < -0.3 is 5.10 Å². The SMILES string of the molecule is C[C@H](c1cccc(C(F)(F)F)c1)c1cc(=O)c(=O)[nH][nH]1. The molecule has 0 unspecified atom stereocenters. The molecule has 2 aromatic rings. The van der Waals surface area contributed by atoms with Gasteiger partial charge in [0.15, 0.2) is 0 Å². The molecule has 0 fully saturated rings. The van der Waals surface area contributed by atoms with Gasteiger partial charge in [-0.05, 0) is 11.6 Å². The van der Waals surface area contributed by atoms with Crippen LogP contribution in [0.2, 0.25) is 0 Å². The van der Waals surface area contributed by atoms with Crippen molar-refractivity contribution in [3.63, 3.8) is 0 Å². The van der Waals surface area contributed by atoms with Crippen molar-refractivity contribution in [1.29, 1.82) is 0 Å². The van der Waals surface area contributed by atoms with E-state index in [9.17, 15) is 22.8 Å². The van der Waals surface area contributed by atoms with Crippen LogP contribution in [-0.2, 0) is 6.18 Å². The maximum Gasteiger partial charge on any atom is 0.416 e. The molecule has 7 heteroatoms. The molecule has 0 aliphatic heterocycles. The van der Waals surface area contributed by atoms with Crippen LogP contribution in [0.25, 0.3) is 0 Å². The Morgan fingerprint density at radius 1 is 1.10 bits per heavy atom. The van der Waals surface area contributed by atoms with Crippen molar-refractivity contribution in [3.05, 3.63) is 67.7 Å². The highest BCUT2D eigenvalue weighted by molar-refractivity contribution is 5.32. The van der Waals surface area contributed by atoms with Crippen LogP contribution in [0, 0.1) is 0 Å². The van der Waals surface area contributed by atoms with Crippen LogP contribution in [-0.4, -0.2) is 10.2 Å². The molecule has 1 heterocycles. The number of aromatic nitrogens is 2. The first-order chi connectivity index (χ1) is 9.29. The van der Waals surface area contributed by atoms with E-state index in [2.05, 4.69) is 10.2 Å². The monoisotopic (exact) mass is 284 g/mol. The zero-order valence-electron chi connectivity index (χ0n) is 10.4. The standard InChI is InChI=1S/C13H11F3N2O2/c1-7(10-6-11(19)12(20)18-17-10)8-3-2-4-9(5-8)13(14,15)16/h2-7H,1H3,(H,17,19)(H,18,20)/t7-/m1/s1. The molecule has 2 N–H and O–H groups in total. The molecule has 4 nitrogen and oxygen atoms in total. The van der Waals surface area contributed by atoms with Gasteiger partial charge >= 0.3 is 11.7 Å². The van der Waals surface area contributed by atoms with Gasteiger partial charge in [0.1, 0.15) is 0 Å². The van der Waals surface area contributed by atoms with Gasteiger partial charge in [-0.25, -0.2) is 0 Å². The Balaban J connectivity index is 2.43. The largest absolute Gasteiger partial charge is 0.416 e. The van der Waals surface area contributed by atoms with Crippen molar-refractivity contribution in [2.45, 2.75) is 19.0 Å². The lowest BCUT2D eigenvalue weighted by molar-refractivity contribution is -0.137. The maximum atomic E-state index is 12.6. The zero-order valence-corrected chi connectivity index (χ0v) is 10.4. The van der Waals surface area contributed by atoms with E-state index < -0.39 is 28.6 Å². The van der Waals surface area contributed by atoms with E-state index in [0.29, 0.717) is 11.3 Å². The average Bonchev–Trinajstić information content (AvgIpc) is 2.40. The number of alkyl halides is 3. The summed E-state index contributed by atoms with van der Waals surface area (Å²) in [4.78, 5) is 22.2. The molecule has 106 valence electrons. The summed E-state index contributed by atoms with van der Waals surface area (Å²) in [7, 11) is 0. The van der Waals surface area contributed by atoms with Gasteiger partial charge in [-0.2, -0.15) is 13.2 Å². The summed E-state index contributed by atoms with van der Waals surface area (Å²) >= 11 is 0. The van der Waals surface area contributed by atoms with Crippen molar-refractivity contribution in [2.75, 3.05) is 0 Å². The predicted molar refractivity (Wildman–Crippen MR) is 66.6 cm³/mol. The summed E-state index contributed by atoms with van der Waals surface area (Å²) in [6, 6.07) is 5.92. The van der Waals surface area contributed by atoms with E-state index in [1.54, 1.807) is 6.92 Å². The highest BCUT2D eigenvalue weighted by Gasteiger charge is 2.30. The molecule has 1 aromatic carbocycles. The predicted octanol–water partition coefficient (Wildman–Crippen LogP) is 2.23. The summed E-state index contributed by atoms with van der Waals surface area (Å²) < 4.78 is 37.9. The van der Waals surface area contributed by atoms with Crippen LogP contribution < -0.4 is 11.0 Å². The lowest BCUT2D eigenvalue weighted by atomic mass is 9.96. The minimum atomic E-state index is -4.42. The van der Waals surface area contributed by atoms with Gasteiger partial charge in [-0.3, -0.25) is 14.7 Å². The molecule has 1 aromatic heterocycles. The average molecular weight is 284 g/mol. The van der Waals surface area contributed by atoms with Crippen LogP contribution in [0.15, 0.2) is 39.9 Å². The minimum absolute atomic E-state index is 0.342. The summed E-state index contributed by atoms with van der Waals surface area (Å²) in [6.07, 6.45) is -4.42. The van der Waals surface area contributed by atoms with E-state index >= 15 is 0 Å². The van der Waals surface area contributed by atoms with Gasteiger partial charge in [0.25, 0.3) is 0 Å². The third-order valence-corrected chi connectivity index (χ3v) is 3.01. The van der Waals surface area contributed by atoms with E-state index in [-0.39, 0.29) is 0 Å². The van der Waals surface area contributed by atoms with Crippen molar-refractivity contribution in [1.82, 2.24) is 10.2 Å². The number of H-pyrrole nitrogens is 2. The number of hydrogen-bond acceptors (Lipinski definition) is 2. The lowest BCUT2D eigenvalue weighted by Gasteiger charge is -2.14. The van der Waals surface area contributed by atoms with Gasteiger partial charge in [-0.15, -0.1) is 0 Å². The molecule has 0 aliphatic rings. The van der Waals surface area contributed by atoms with E-state index in [1.807, 2.05) is 0 Å². The molecule has 0 saturated heterocycles. The van der Waals surface area contributed by atoms with Gasteiger partial charge in [0, 0.05) is 17.7 Å². The van der Waals surface area contributed by atoms with Crippen LogP contribution in [0.5, 0.6) is 0 Å². The van der Waals surface area contributed by atoms with Crippen molar-refractivity contribution >= 4 is 0 Å². The first-order valence-corrected chi connectivity index (χ1v) is 5.78. The summed E-state index contributed by atoms with van der Waals surface area (Å²) in [5.41, 5.74) is -1.56. The number of hydrogen-bond donors (Lipinski definition) is 2. The molecule has 0 amide bonds. The van der Waals surface area contributed by atoms with Crippen LogP contribution in [0.1, 0.15) is 29.7 Å².